The van der Waals surface area contributed by atoms with Gasteiger partial charge in [0, 0.05) is 19.0 Å². The molecule has 1 fully saturated rings. The average Bonchev–Trinajstić information content (AvgIpc) is 2.49. The van der Waals surface area contributed by atoms with Gasteiger partial charge in [-0.3, -0.25) is 9.59 Å². The molecule has 0 bridgehead atoms. The van der Waals surface area contributed by atoms with Gasteiger partial charge < -0.3 is 14.9 Å². The minimum atomic E-state index is -0.230. The molecule has 110 valence electrons. The quantitative estimate of drug-likeness (QED) is 0.877. The summed E-state index contributed by atoms with van der Waals surface area (Å²) in [7, 11) is 0. The minimum Gasteiger partial charge on any atom is -0.396 e. The van der Waals surface area contributed by atoms with Gasteiger partial charge in [-0.05, 0) is 19.1 Å². The van der Waals surface area contributed by atoms with Gasteiger partial charge in [-0.2, -0.15) is 5.26 Å². The van der Waals surface area contributed by atoms with Crippen LogP contribution in [0, 0.1) is 11.3 Å². The van der Waals surface area contributed by atoms with Gasteiger partial charge in [0.25, 0.3) is 0 Å². The van der Waals surface area contributed by atoms with E-state index >= 15 is 0 Å². The van der Waals surface area contributed by atoms with Crippen LogP contribution in [-0.2, 0) is 9.59 Å². The smallest absolute Gasteiger partial charge is 0.246 e. The van der Waals surface area contributed by atoms with Crippen LogP contribution in [0.4, 0.5) is 5.69 Å². The average molecular weight is 287 g/mol. The van der Waals surface area contributed by atoms with Crippen LogP contribution in [0.2, 0.25) is 0 Å². The molecule has 0 aromatic heterocycles. The number of anilines is 1. The number of carbonyl (C=O) groups excluding carboxylic acids is 2. The van der Waals surface area contributed by atoms with Gasteiger partial charge >= 0.3 is 0 Å². The number of aliphatic hydroxyl groups excluding tert-OH is 1. The molecule has 1 saturated heterocycles. The lowest BCUT2D eigenvalue weighted by Gasteiger charge is -2.39. The fraction of sp³-hybridized carbons (Fsp3) is 0.400. The van der Waals surface area contributed by atoms with E-state index in [1.165, 1.54) is 4.90 Å². The molecule has 21 heavy (non-hydrogen) atoms. The van der Waals surface area contributed by atoms with Crippen LogP contribution < -0.4 is 4.90 Å². The zero-order valence-electron chi connectivity index (χ0n) is 11.8. The molecule has 0 unspecified atom stereocenters. The van der Waals surface area contributed by atoms with Crippen LogP contribution in [-0.4, -0.2) is 47.6 Å². The van der Waals surface area contributed by atoms with Gasteiger partial charge in [0.15, 0.2) is 0 Å². The number of amides is 2. The highest BCUT2D eigenvalue weighted by Gasteiger charge is 2.33. The molecule has 0 aliphatic carbocycles. The van der Waals surface area contributed by atoms with Gasteiger partial charge in [0.05, 0.1) is 17.9 Å². The molecule has 0 radical (unpaired) electrons. The molecule has 6 nitrogen and oxygen atoms in total. The lowest BCUT2D eigenvalue weighted by atomic mass is 10.1. The third kappa shape index (κ3) is 3.03. The third-order valence-corrected chi connectivity index (χ3v) is 3.55. The highest BCUT2D eigenvalue weighted by atomic mass is 16.3. The predicted octanol–water partition coefficient (Wildman–Crippen LogP) is 0.504. The summed E-state index contributed by atoms with van der Waals surface area (Å²) in [6.07, 6.45) is 0.0202. The van der Waals surface area contributed by atoms with Gasteiger partial charge in [-0.1, -0.05) is 12.1 Å². The van der Waals surface area contributed by atoms with Gasteiger partial charge in [0.1, 0.15) is 12.6 Å². The van der Waals surface area contributed by atoms with Crippen LogP contribution in [0.1, 0.15) is 18.9 Å². The molecule has 1 aromatic carbocycles. The maximum absolute atomic E-state index is 12.3. The molecule has 1 aromatic rings. The van der Waals surface area contributed by atoms with Crippen LogP contribution >= 0.6 is 0 Å². The number of hydrogen-bond donors (Lipinski definition) is 1. The number of piperazine rings is 1. The zero-order valence-corrected chi connectivity index (χ0v) is 11.8. The first-order chi connectivity index (χ1) is 10.1. The van der Waals surface area contributed by atoms with E-state index in [2.05, 4.69) is 6.07 Å². The Bertz CT molecular complexity index is 594. The predicted molar refractivity (Wildman–Crippen MR) is 76.4 cm³/mol. The molecule has 1 atom stereocenters. The zero-order chi connectivity index (χ0) is 15.4. The van der Waals surface area contributed by atoms with E-state index < -0.39 is 0 Å². The first-order valence-electron chi connectivity index (χ1n) is 6.78. The number of nitrogens with zero attached hydrogens (tertiary/aromatic N) is 3. The highest BCUT2D eigenvalue weighted by molar-refractivity contribution is 5.99. The van der Waals surface area contributed by atoms with Gasteiger partial charge in [-0.15, -0.1) is 0 Å². The van der Waals surface area contributed by atoms with E-state index in [9.17, 15) is 9.59 Å². The van der Waals surface area contributed by atoms with Crippen LogP contribution in [0.15, 0.2) is 24.3 Å². The molecule has 6 heteroatoms. The number of para-hydroxylation sites is 1. The monoisotopic (exact) mass is 287 g/mol. The Hall–Kier alpha value is -2.39. The molecule has 2 amide bonds. The topological polar surface area (TPSA) is 84.6 Å². The van der Waals surface area contributed by atoms with Crippen molar-refractivity contribution in [3.05, 3.63) is 29.8 Å². The number of rotatable bonds is 3. The largest absolute Gasteiger partial charge is 0.396 e. The summed E-state index contributed by atoms with van der Waals surface area (Å²) < 4.78 is 0. The second-order valence-corrected chi connectivity index (χ2v) is 4.98. The number of benzene rings is 1. The second-order valence-electron chi connectivity index (χ2n) is 4.98. The lowest BCUT2D eigenvalue weighted by molar-refractivity contribution is -0.139. The Kier molecular flexibility index (Phi) is 4.55. The summed E-state index contributed by atoms with van der Waals surface area (Å²) >= 11 is 0. The summed E-state index contributed by atoms with van der Waals surface area (Å²) in [5.74, 6) is -0.450. The van der Waals surface area contributed by atoms with Crippen molar-refractivity contribution >= 4 is 17.5 Å². The maximum atomic E-state index is 12.3. The van der Waals surface area contributed by atoms with Crippen molar-refractivity contribution in [2.75, 3.05) is 24.6 Å². The number of aliphatic hydroxyl groups is 1. The van der Waals surface area contributed by atoms with Gasteiger partial charge in [0.2, 0.25) is 11.8 Å². The third-order valence-electron chi connectivity index (χ3n) is 3.55. The summed E-state index contributed by atoms with van der Waals surface area (Å²) in [6, 6.07) is 8.83. The van der Waals surface area contributed by atoms with E-state index in [0.29, 0.717) is 17.8 Å². The fourth-order valence-corrected chi connectivity index (χ4v) is 2.46. The number of hydrogen-bond acceptors (Lipinski definition) is 4. The lowest BCUT2D eigenvalue weighted by Crippen LogP contribution is -2.57. The fourth-order valence-electron chi connectivity index (χ4n) is 2.46. The first-order valence-corrected chi connectivity index (χ1v) is 6.78. The summed E-state index contributed by atoms with van der Waals surface area (Å²) in [5, 5.41) is 18.0. The Morgan fingerprint density at radius 1 is 1.48 bits per heavy atom. The Morgan fingerprint density at radius 2 is 2.19 bits per heavy atom. The van der Waals surface area contributed by atoms with Crippen LogP contribution in [0.5, 0.6) is 0 Å². The normalized spacial score (nSPS) is 18.5. The maximum Gasteiger partial charge on any atom is 0.246 e. The Morgan fingerprint density at radius 3 is 2.86 bits per heavy atom. The van der Waals surface area contributed by atoms with E-state index in [1.54, 1.807) is 29.2 Å². The van der Waals surface area contributed by atoms with E-state index in [1.807, 2.05) is 6.92 Å². The first kappa shape index (κ1) is 15.0. The second kappa shape index (κ2) is 6.37. The van der Waals surface area contributed by atoms with E-state index in [-0.39, 0.29) is 37.4 Å². The van der Waals surface area contributed by atoms with E-state index in [0.717, 1.165) is 0 Å². The Labute approximate surface area is 123 Å². The van der Waals surface area contributed by atoms with Crippen molar-refractivity contribution in [3.63, 3.8) is 0 Å². The van der Waals surface area contributed by atoms with Crippen molar-refractivity contribution < 1.29 is 14.7 Å². The SMILES string of the molecule is C[C@@H]1CN(c2ccccc2C#N)C(=O)CN1C(=O)CCO. The standard InChI is InChI=1S/C15H17N3O3/c1-11-9-18(13-5-3-2-4-12(13)8-16)15(21)10-17(11)14(20)6-7-19/h2-5,11,19H,6-7,9-10H2,1H3/t11-/m1/s1. The summed E-state index contributed by atoms with van der Waals surface area (Å²) in [6.45, 7) is 1.94. The summed E-state index contributed by atoms with van der Waals surface area (Å²) in [4.78, 5) is 27.2. The Balaban J connectivity index is 2.22. The van der Waals surface area contributed by atoms with Crippen molar-refractivity contribution in [2.24, 2.45) is 0 Å². The molecule has 1 aliphatic heterocycles. The molecule has 0 spiro atoms. The number of nitriles is 1. The van der Waals surface area contributed by atoms with Crippen LogP contribution in [0.25, 0.3) is 0 Å². The van der Waals surface area contributed by atoms with Gasteiger partial charge in [-0.25, -0.2) is 0 Å². The summed E-state index contributed by atoms with van der Waals surface area (Å²) in [5.41, 5.74) is 1.01. The molecular weight excluding hydrogens is 270 g/mol. The van der Waals surface area contributed by atoms with Crippen molar-refractivity contribution in [1.82, 2.24) is 4.90 Å². The van der Waals surface area contributed by atoms with Crippen LogP contribution in [0.3, 0.4) is 0 Å². The molecule has 2 rings (SSSR count). The number of carbonyl (C=O) groups is 2. The van der Waals surface area contributed by atoms with Crippen molar-refractivity contribution in [3.8, 4) is 6.07 Å². The molecule has 1 N–H and O–H groups in total. The molecule has 0 saturated carbocycles. The molecular formula is C15H17N3O3. The highest BCUT2D eigenvalue weighted by Crippen LogP contribution is 2.24. The molecule has 1 heterocycles. The van der Waals surface area contributed by atoms with E-state index in [4.69, 9.17) is 10.4 Å². The van der Waals surface area contributed by atoms with Crippen molar-refractivity contribution in [2.45, 2.75) is 19.4 Å². The molecule has 1 aliphatic rings. The van der Waals surface area contributed by atoms with Crippen molar-refractivity contribution in [1.29, 1.82) is 5.26 Å². The minimum absolute atomic E-state index is 0.0202.